The van der Waals surface area contributed by atoms with Crippen molar-refractivity contribution in [3.63, 3.8) is 0 Å². The summed E-state index contributed by atoms with van der Waals surface area (Å²) < 4.78 is 4.34. The summed E-state index contributed by atoms with van der Waals surface area (Å²) in [7, 11) is 0. The van der Waals surface area contributed by atoms with E-state index in [1.807, 2.05) is 22.8 Å². The molecular weight excluding hydrogens is 631 g/mol. The molecule has 5 aromatic carbocycles. The van der Waals surface area contributed by atoms with E-state index in [9.17, 15) is 0 Å². The number of fused-ring (bicyclic) bond motifs is 9. The smallest absolute Gasteiger partial charge is 0.0711 e. The number of hydrogen-bond donors (Lipinski definition) is 0. The van der Waals surface area contributed by atoms with Gasteiger partial charge in [0.05, 0.1) is 16.6 Å². The van der Waals surface area contributed by atoms with E-state index < -0.39 is 0 Å². The quantitative estimate of drug-likeness (QED) is 0.137. The third-order valence-corrected chi connectivity index (χ3v) is 7.29. The molecule has 3 aromatic heterocycles. The minimum atomic E-state index is 0. The number of hydrogen-bond acceptors (Lipinski definition) is 1. The third kappa shape index (κ3) is 3.20. The molecule has 0 aliphatic heterocycles. The zero-order chi connectivity index (χ0) is 23.6. The van der Waals surface area contributed by atoms with Crippen LogP contribution >= 0.6 is 0 Å². The van der Waals surface area contributed by atoms with Gasteiger partial charge >= 0.3 is 0 Å². The number of nitrogens with zero attached hydrogens (tertiary/aromatic N) is 3. The largest absolute Gasteiger partial charge is 0.309 e. The Hall–Kier alpha value is -4.24. The number of pyridine rings is 1. The Labute approximate surface area is 226 Å². The summed E-state index contributed by atoms with van der Waals surface area (Å²) in [5.41, 5.74) is 8.13. The molecule has 3 nitrogen and oxygen atoms in total. The molecule has 4 heteroatoms. The molecule has 0 bridgehead atoms. The molecule has 1 radical (unpaired) electrons. The first-order chi connectivity index (χ1) is 17.9. The fourth-order valence-electron chi connectivity index (χ4n) is 5.68. The molecule has 0 aliphatic rings. The maximum atomic E-state index is 4.55. The molecule has 0 fully saturated rings. The van der Waals surface area contributed by atoms with Gasteiger partial charge in [0.25, 0.3) is 0 Å². The van der Waals surface area contributed by atoms with E-state index in [2.05, 4.69) is 119 Å². The Morgan fingerprint density at radius 2 is 1.24 bits per heavy atom. The zero-order valence-corrected chi connectivity index (χ0v) is 22.1. The molecule has 3 heterocycles. The Morgan fingerprint density at radius 3 is 2.14 bits per heavy atom. The van der Waals surface area contributed by atoms with Gasteiger partial charge in [0.1, 0.15) is 0 Å². The van der Waals surface area contributed by atoms with Gasteiger partial charge < -0.3 is 4.57 Å². The second-order valence-electron chi connectivity index (χ2n) is 9.24. The monoisotopic (exact) mass is 651 g/mol. The van der Waals surface area contributed by atoms with E-state index >= 15 is 0 Å². The molecule has 0 saturated heterocycles. The Kier molecular flexibility index (Phi) is 5.00. The maximum Gasteiger partial charge on any atom is 0.0711 e. The number of aromatic nitrogens is 3. The summed E-state index contributed by atoms with van der Waals surface area (Å²) in [4.78, 5) is 0. The van der Waals surface area contributed by atoms with E-state index in [1.165, 1.54) is 49.4 Å². The minimum Gasteiger partial charge on any atom is -0.309 e. The van der Waals surface area contributed by atoms with Gasteiger partial charge in [0, 0.05) is 42.8 Å². The van der Waals surface area contributed by atoms with Crippen molar-refractivity contribution < 1.29 is 20.1 Å². The normalized spacial score (nSPS) is 11.6. The molecule has 37 heavy (non-hydrogen) atoms. The molecule has 0 atom stereocenters. The minimum absolute atomic E-state index is 0. The summed E-state index contributed by atoms with van der Waals surface area (Å²) >= 11 is 0. The van der Waals surface area contributed by atoms with Crippen LogP contribution in [-0.4, -0.2) is 14.2 Å². The molecular formula is C33H20IrN3-. The molecule has 177 valence electrons. The SMILES string of the molecule is [Ir].[c-]1cccc2c3cc(-c4ccc5c(c4)c4ccccc4n5-c4ccccc4)ccc3c3ccnn3c12. The van der Waals surface area contributed by atoms with E-state index in [-0.39, 0.29) is 20.1 Å². The molecule has 0 N–H and O–H groups in total. The van der Waals surface area contributed by atoms with Gasteiger partial charge in [0.15, 0.2) is 0 Å². The predicted octanol–water partition coefficient (Wildman–Crippen LogP) is 8.20. The summed E-state index contributed by atoms with van der Waals surface area (Å²) in [6.07, 6.45) is 1.86. The Bertz CT molecular complexity index is 2100. The van der Waals surface area contributed by atoms with Gasteiger partial charge in [0.2, 0.25) is 0 Å². The van der Waals surface area contributed by atoms with Gasteiger partial charge in [-0.15, -0.1) is 5.39 Å². The molecule has 0 saturated carbocycles. The number of para-hydroxylation sites is 3. The summed E-state index contributed by atoms with van der Waals surface area (Å²) in [6, 6.07) is 44.5. The molecule has 0 amide bonds. The predicted molar refractivity (Wildman–Crippen MR) is 149 cm³/mol. The van der Waals surface area contributed by atoms with Crippen LogP contribution in [0.3, 0.4) is 0 Å². The molecule has 8 rings (SSSR count). The number of rotatable bonds is 2. The number of benzene rings is 5. The van der Waals surface area contributed by atoms with Crippen molar-refractivity contribution in [1.29, 1.82) is 0 Å². The second-order valence-corrected chi connectivity index (χ2v) is 9.24. The van der Waals surface area contributed by atoms with Crippen LogP contribution in [0.25, 0.3) is 65.8 Å². The van der Waals surface area contributed by atoms with E-state index in [0.29, 0.717) is 0 Å². The average molecular weight is 651 g/mol. The van der Waals surface area contributed by atoms with Crippen LogP contribution in [0.5, 0.6) is 0 Å². The topological polar surface area (TPSA) is 22.2 Å². The van der Waals surface area contributed by atoms with Crippen molar-refractivity contribution in [2.45, 2.75) is 0 Å². The van der Waals surface area contributed by atoms with Gasteiger partial charge in [-0.25, -0.2) is 0 Å². The zero-order valence-electron chi connectivity index (χ0n) is 19.7. The molecule has 0 spiro atoms. The van der Waals surface area contributed by atoms with Crippen LogP contribution in [0.1, 0.15) is 0 Å². The van der Waals surface area contributed by atoms with Crippen molar-refractivity contribution in [2.24, 2.45) is 0 Å². The van der Waals surface area contributed by atoms with Crippen LogP contribution in [0.15, 0.2) is 121 Å². The van der Waals surface area contributed by atoms with Crippen molar-refractivity contribution in [3.8, 4) is 16.8 Å². The van der Waals surface area contributed by atoms with Crippen molar-refractivity contribution in [2.75, 3.05) is 0 Å². The van der Waals surface area contributed by atoms with Crippen LogP contribution in [0.2, 0.25) is 0 Å². The second kappa shape index (κ2) is 8.41. The Morgan fingerprint density at radius 1 is 0.541 bits per heavy atom. The van der Waals surface area contributed by atoms with Gasteiger partial charge in [-0.1, -0.05) is 66.0 Å². The third-order valence-electron chi connectivity index (χ3n) is 7.29. The van der Waals surface area contributed by atoms with E-state index in [0.717, 1.165) is 16.4 Å². The maximum absolute atomic E-state index is 4.55. The van der Waals surface area contributed by atoms with Crippen molar-refractivity contribution in [1.82, 2.24) is 14.2 Å². The summed E-state index contributed by atoms with van der Waals surface area (Å²) in [6.45, 7) is 0. The average Bonchev–Trinajstić information content (AvgIpc) is 3.57. The Balaban J connectivity index is 0.00000231. The first-order valence-corrected chi connectivity index (χ1v) is 12.2. The van der Waals surface area contributed by atoms with Crippen molar-refractivity contribution in [3.05, 3.63) is 128 Å². The van der Waals surface area contributed by atoms with Crippen LogP contribution in [0.4, 0.5) is 0 Å². The fourth-order valence-corrected chi connectivity index (χ4v) is 5.68. The first-order valence-electron chi connectivity index (χ1n) is 12.2. The summed E-state index contributed by atoms with van der Waals surface area (Å²) in [5.74, 6) is 0. The molecule has 8 aromatic rings. The standard InChI is InChI=1S/C33H20N3.Ir/c1-2-8-24(9-3-1)35-30-12-6-4-11-26(30)29-21-23(15-17-31(29)35)22-14-16-27-28(20-22)25-10-5-7-13-32(25)36-33(27)18-19-34-36;/h1-12,14-21H;/q-1;. The molecule has 0 aliphatic carbocycles. The van der Waals surface area contributed by atoms with E-state index in [1.54, 1.807) is 0 Å². The van der Waals surface area contributed by atoms with Crippen LogP contribution in [-0.2, 0) is 20.1 Å². The van der Waals surface area contributed by atoms with Crippen LogP contribution < -0.4 is 0 Å². The van der Waals surface area contributed by atoms with Crippen molar-refractivity contribution >= 4 is 49.0 Å². The first kappa shape index (κ1) is 22.0. The van der Waals surface area contributed by atoms with Gasteiger partial charge in [-0.05, 0) is 58.4 Å². The van der Waals surface area contributed by atoms with Gasteiger partial charge in [-0.3, -0.25) is 4.52 Å². The summed E-state index contributed by atoms with van der Waals surface area (Å²) in [5, 5.41) is 10.7. The van der Waals surface area contributed by atoms with Gasteiger partial charge in [-0.2, -0.15) is 29.4 Å². The van der Waals surface area contributed by atoms with Crippen LogP contribution in [0, 0.1) is 6.07 Å². The van der Waals surface area contributed by atoms with E-state index in [4.69, 9.17) is 0 Å². The fraction of sp³-hybridized carbons (Fsp3) is 0. The molecule has 0 unspecified atom stereocenters.